The predicted octanol–water partition coefficient (Wildman–Crippen LogP) is 2.36. The molecule has 0 aliphatic heterocycles. The van der Waals surface area contributed by atoms with Gasteiger partial charge in [0.2, 0.25) is 5.78 Å². The van der Waals surface area contributed by atoms with E-state index in [-0.39, 0.29) is 5.78 Å². The van der Waals surface area contributed by atoms with Crippen molar-refractivity contribution >= 4 is 17.8 Å². The molecule has 0 unspecified atom stereocenters. The van der Waals surface area contributed by atoms with Crippen LogP contribution in [0.5, 0.6) is 0 Å². The second-order valence-corrected chi connectivity index (χ2v) is 3.32. The smallest absolute Gasteiger partial charge is 0.205 e. The highest BCUT2D eigenvalue weighted by Crippen LogP contribution is 2.00. The fourth-order valence-corrected chi connectivity index (χ4v) is 1.26. The lowest BCUT2D eigenvalue weighted by molar-refractivity contribution is 0.107. The first-order valence-corrected chi connectivity index (χ1v) is 5.16. The number of carbonyl (C=O) groups excluding carboxylic acids is 1. The van der Waals surface area contributed by atoms with E-state index in [1.54, 1.807) is 24.4 Å². The molecule has 0 aliphatic carbocycles. The van der Waals surface area contributed by atoms with Gasteiger partial charge in [-0.15, -0.1) is 0 Å². The van der Waals surface area contributed by atoms with Crippen LogP contribution in [0.25, 0.3) is 0 Å². The number of carbonyl (C=O) groups is 1. The Bertz CT molecular complexity index is 509. The Hall–Kier alpha value is -2.49. The number of ketones is 1. The minimum absolute atomic E-state index is 0.144. The van der Waals surface area contributed by atoms with Crippen LogP contribution >= 0.6 is 0 Å². The van der Waals surface area contributed by atoms with Crippen LogP contribution in [0.3, 0.4) is 0 Å². The van der Waals surface area contributed by atoms with Crippen molar-refractivity contribution in [1.29, 1.82) is 0 Å². The van der Waals surface area contributed by atoms with Gasteiger partial charge in [-0.3, -0.25) is 10.2 Å². The lowest BCUT2D eigenvalue weighted by Crippen LogP contribution is -2.02. The summed E-state index contributed by atoms with van der Waals surface area (Å²) in [5, 5.41) is 3.83. The van der Waals surface area contributed by atoms with E-state index in [0.29, 0.717) is 11.4 Å². The van der Waals surface area contributed by atoms with Crippen molar-refractivity contribution in [2.45, 2.75) is 0 Å². The molecule has 0 saturated heterocycles. The number of hydrazone groups is 1. The van der Waals surface area contributed by atoms with Gasteiger partial charge in [0.25, 0.3) is 0 Å². The van der Waals surface area contributed by atoms with Crippen LogP contribution in [-0.2, 0) is 0 Å². The number of aromatic nitrogens is 1. The molecule has 1 N–H and O–H groups in total. The highest BCUT2D eigenvalue weighted by Gasteiger charge is 1.99. The fourth-order valence-electron chi connectivity index (χ4n) is 1.26. The number of benzene rings is 1. The summed E-state index contributed by atoms with van der Waals surface area (Å²) in [6.07, 6.45) is 2.89. The molecule has 4 heteroatoms. The molecule has 0 fully saturated rings. The molecule has 2 rings (SSSR count). The molecular formula is C13H11N3O. The number of hydrogen-bond acceptors (Lipinski definition) is 4. The van der Waals surface area contributed by atoms with Crippen LogP contribution in [0, 0.1) is 0 Å². The topological polar surface area (TPSA) is 54.4 Å². The van der Waals surface area contributed by atoms with Crippen LogP contribution < -0.4 is 5.43 Å². The van der Waals surface area contributed by atoms with E-state index in [0.717, 1.165) is 0 Å². The Morgan fingerprint density at radius 2 is 1.88 bits per heavy atom. The maximum absolute atomic E-state index is 11.6. The summed E-state index contributed by atoms with van der Waals surface area (Å²) < 4.78 is 0. The summed E-state index contributed by atoms with van der Waals surface area (Å²) in [6.45, 7) is 0. The van der Waals surface area contributed by atoms with Crippen molar-refractivity contribution in [2.24, 2.45) is 5.10 Å². The number of hydrogen-bond donors (Lipinski definition) is 1. The Labute approximate surface area is 99.0 Å². The molecule has 0 atom stereocenters. The Morgan fingerprint density at radius 1 is 1.12 bits per heavy atom. The molecular weight excluding hydrogens is 214 g/mol. The van der Waals surface area contributed by atoms with Gasteiger partial charge in [0.15, 0.2) is 0 Å². The molecule has 0 spiro atoms. The Morgan fingerprint density at radius 3 is 2.59 bits per heavy atom. The summed E-state index contributed by atoms with van der Waals surface area (Å²) in [5.74, 6) is 0.457. The number of rotatable bonds is 4. The van der Waals surface area contributed by atoms with Gasteiger partial charge in [0, 0.05) is 11.8 Å². The summed E-state index contributed by atoms with van der Waals surface area (Å²) in [7, 11) is 0. The molecule has 4 nitrogen and oxygen atoms in total. The van der Waals surface area contributed by atoms with Gasteiger partial charge in [-0.1, -0.05) is 36.4 Å². The van der Waals surface area contributed by atoms with Crippen LogP contribution in [0.4, 0.5) is 5.82 Å². The van der Waals surface area contributed by atoms with Crippen molar-refractivity contribution in [3.63, 3.8) is 0 Å². The third kappa shape index (κ3) is 3.24. The third-order valence-corrected chi connectivity index (χ3v) is 2.08. The van der Waals surface area contributed by atoms with Gasteiger partial charge in [-0.2, -0.15) is 5.10 Å². The minimum Gasteiger partial charge on any atom is -0.287 e. The number of Topliss-reactive ketones (excluding diaryl/α,β-unsaturated/α-hetero) is 1. The van der Waals surface area contributed by atoms with Crippen LogP contribution in [0.2, 0.25) is 0 Å². The molecule has 1 heterocycles. The zero-order chi connectivity index (χ0) is 11.9. The molecule has 1 aromatic carbocycles. The van der Waals surface area contributed by atoms with E-state index in [9.17, 15) is 4.79 Å². The molecule has 1 aromatic heterocycles. The van der Waals surface area contributed by atoms with Gasteiger partial charge in [0.05, 0.1) is 6.21 Å². The van der Waals surface area contributed by atoms with E-state index >= 15 is 0 Å². The Kier molecular flexibility index (Phi) is 3.60. The van der Waals surface area contributed by atoms with Gasteiger partial charge in [-0.25, -0.2) is 4.98 Å². The van der Waals surface area contributed by atoms with Gasteiger partial charge < -0.3 is 0 Å². The molecule has 0 amide bonds. The summed E-state index contributed by atoms with van der Waals surface area (Å²) in [5.41, 5.74) is 3.29. The summed E-state index contributed by atoms with van der Waals surface area (Å²) >= 11 is 0. The highest BCUT2D eigenvalue weighted by molar-refractivity contribution is 6.35. The second kappa shape index (κ2) is 5.55. The van der Waals surface area contributed by atoms with Crippen LogP contribution in [0.15, 0.2) is 59.8 Å². The largest absolute Gasteiger partial charge is 0.287 e. The number of nitrogens with one attached hydrogen (secondary N) is 1. The maximum atomic E-state index is 11.6. The predicted molar refractivity (Wildman–Crippen MR) is 67.1 cm³/mol. The molecule has 0 saturated carbocycles. The van der Waals surface area contributed by atoms with Crippen molar-refractivity contribution in [3.05, 3.63) is 60.3 Å². The standard InChI is InChI=1S/C13H11N3O/c17-12(11-6-2-1-3-7-11)10-15-16-13-8-4-5-9-14-13/h1-10H,(H,14,16)/b15-10+. The van der Waals surface area contributed by atoms with E-state index in [4.69, 9.17) is 0 Å². The van der Waals surface area contributed by atoms with Crippen LogP contribution in [-0.4, -0.2) is 17.0 Å². The van der Waals surface area contributed by atoms with Crippen molar-refractivity contribution in [1.82, 2.24) is 4.98 Å². The number of anilines is 1. The molecule has 0 bridgehead atoms. The quantitative estimate of drug-likeness (QED) is 0.493. The third-order valence-electron chi connectivity index (χ3n) is 2.08. The molecule has 17 heavy (non-hydrogen) atoms. The average Bonchev–Trinajstić information content (AvgIpc) is 2.41. The lowest BCUT2D eigenvalue weighted by Gasteiger charge is -1.97. The van der Waals surface area contributed by atoms with Crippen molar-refractivity contribution < 1.29 is 4.79 Å². The first-order chi connectivity index (χ1) is 8.36. The first kappa shape index (κ1) is 11.0. The molecule has 84 valence electrons. The minimum atomic E-state index is -0.144. The second-order valence-electron chi connectivity index (χ2n) is 3.32. The zero-order valence-corrected chi connectivity index (χ0v) is 9.08. The normalized spacial score (nSPS) is 10.4. The van der Waals surface area contributed by atoms with E-state index in [2.05, 4.69) is 15.5 Å². The fraction of sp³-hybridized carbons (Fsp3) is 0. The summed E-state index contributed by atoms with van der Waals surface area (Å²) in [6, 6.07) is 14.4. The molecule has 2 aromatic rings. The van der Waals surface area contributed by atoms with Gasteiger partial charge in [0.1, 0.15) is 5.82 Å². The molecule has 0 aliphatic rings. The monoisotopic (exact) mass is 225 g/mol. The zero-order valence-electron chi connectivity index (χ0n) is 9.08. The first-order valence-electron chi connectivity index (χ1n) is 5.16. The SMILES string of the molecule is O=C(/C=N/Nc1ccccn1)c1ccccc1. The molecule has 0 radical (unpaired) electrons. The Balaban J connectivity index is 1.96. The van der Waals surface area contributed by atoms with E-state index in [1.807, 2.05) is 30.3 Å². The van der Waals surface area contributed by atoms with Gasteiger partial charge in [-0.05, 0) is 12.1 Å². The summed E-state index contributed by atoms with van der Waals surface area (Å²) in [4.78, 5) is 15.6. The van der Waals surface area contributed by atoms with Crippen molar-refractivity contribution in [2.75, 3.05) is 5.43 Å². The van der Waals surface area contributed by atoms with E-state index < -0.39 is 0 Å². The number of nitrogens with zero attached hydrogens (tertiary/aromatic N) is 2. The number of pyridine rings is 1. The lowest BCUT2D eigenvalue weighted by atomic mass is 10.1. The van der Waals surface area contributed by atoms with Gasteiger partial charge >= 0.3 is 0 Å². The average molecular weight is 225 g/mol. The maximum Gasteiger partial charge on any atom is 0.205 e. The highest BCUT2D eigenvalue weighted by atomic mass is 16.1. The van der Waals surface area contributed by atoms with E-state index in [1.165, 1.54) is 6.21 Å². The van der Waals surface area contributed by atoms with Crippen LogP contribution in [0.1, 0.15) is 10.4 Å². The van der Waals surface area contributed by atoms with Crippen molar-refractivity contribution in [3.8, 4) is 0 Å².